The zero-order chi connectivity index (χ0) is 18.4. The number of amides is 1. The minimum atomic E-state index is -0.212. The number of hydrogen-bond donors (Lipinski definition) is 1. The Hall–Kier alpha value is -2.19. The molecule has 1 aliphatic rings. The van der Waals surface area contributed by atoms with Gasteiger partial charge in [0.2, 0.25) is 0 Å². The lowest BCUT2D eigenvalue weighted by Gasteiger charge is -2.31. The van der Waals surface area contributed by atoms with Gasteiger partial charge < -0.3 is 19.7 Å². The highest BCUT2D eigenvalue weighted by Crippen LogP contribution is 2.16. The third-order valence-corrected chi connectivity index (χ3v) is 4.58. The molecule has 1 N–H and O–H groups in total. The van der Waals surface area contributed by atoms with Gasteiger partial charge in [0.25, 0.3) is 0 Å². The second-order valence-corrected chi connectivity index (χ2v) is 6.27. The molecule has 2 aromatic rings. The van der Waals surface area contributed by atoms with E-state index >= 15 is 0 Å². The average molecular weight is 361 g/mol. The molecule has 2 aromatic heterocycles. The van der Waals surface area contributed by atoms with Gasteiger partial charge in [-0.15, -0.1) is 0 Å². The van der Waals surface area contributed by atoms with Crippen molar-refractivity contribution in [1.29, 1.82) is 0 Å². The molecule has 0 radical (unpaired) electrons. The second kappa shape index (κ2) is 8.95. The monoisotopic (exact) mass is 361 g/mol. The van der Waals surface area contributed by atoms with E-state index in [1.807, 2.05) is 30.5 Å². The van der Waals surface area contributed by atoms with Crippen molar-refractivity contribution < 1.29 is 14.3 Å². The van der Waals surface area contributed by atoms with Crippen molar-refractivity contribution in [3.8, 4) is 0 Å². The minimum absolute atomic E-state index is 0.212. The number of aromatic nitrogens is 3. The van der Waals surface area contributed by atoms with Gasteiger partial charge in [0.05, 0.1) is 13.2 Å². The number of nitrogens with one attached hydrogen (secondary N) is 1. The maximum Gasteiger partial charge on any atom is 0.409 e. The van der Waals surface area contributed by atoms with E-state index in [0.717, 1.165) is 29.8 Å². The summed E-state index contributed by atoms with van der Waals surface area (Å²) in [6, 6.07) is 4.21. The molecule has 1 amide bonds. The van der Waals surface area contributed by atoms with Crippen molar-refractivity contribution in [3.63, 3.8) is 0 Å². The third kappa shape index (κ3) is 4.31. The Bertz CT molecular complexity index is 725. The molecule has 26 heavy (non-hydrogen) atoms. The molecule has 8 heteroatoms. The Morgan fingerprint density at radius 2 is 2.12 bits per heavy atom. The Morgan fingerprint density at radius 1 is 1.31 bits per heavy atom. The molecule has 142 valence electrons. The van der Waals surface area contributed by atoms with Gasteiger partial charge in [-0.3, -0.25) is 4.57 Å². The molecule has 1 aliphatic heterocycles. The van der Waals surface area contributed by atoms with Gasteiger partial charge in [-0.25, -0.2) is 14.8 Å². The Balaban J connectivity index is 1.59. The normalized spacial score (nSPS) is 15.5. The first-order valence-electron chi connectivity index (χ1n) is 9.25. The van der Waals surface area contributed by atoms with Gasteiger partial charge in [-0.2, -0.15) is 0 Å². The molecule has 3 rings (SSSR count). The van der Waals surface area contributed by atoms with Crippen molar-refractivity contribution >= 4 is 17.3 Å². The largest absolute Gasteiger partial charge is 0.450 e. The van der Waals surface area contributed by atoms with Gasteiger partial charge in [-0.05, 0) is 38.8 Å². The molecule has 0 spiro atoms. The second-order valence-electron chi connectivity index (χ2n) is 6.27. The summed E-state index contributed by atoms with van der Waals surface area (Å²) in [5.74, 6) is 0.917. The van der Waals surface area contributed by atoms with Crippen LogP contribution in [-0.4, -0.2) is 57.9 Å². The molecule has 8 nitrogen and oxygen atoms in total. The number of piperidine rings is 1. The summed E-state index contributed by atoms with van der Waals surface area (Å²) in [6.07, 6.45) is 3.37. The number of ether oxygens (including phenoxy) is 2. The molecule has 1 saturated heterocycles. The Kier molecular flexibility index (Phi) is 6.40. The average Bonchev–Trinajstić information content (AvgIpc) is 3.03. The van der Waals surface area contributed by atoms with Crippen LogP contribution in [0, 0.1) is 0 Å². The Labute approximate surface area is 153 Å². The van der Waals surface area contributed by atoms with Crippen molar-refractivity contribution in [2.75, 3.05) is 26.3 Å². The van der Waals surface area contributed by atoms with Crippen LogP contribution in [0.1, 0.15) is 32.5 Å². The molecule has 0 saturated carbocycles. The Morgan fingerprint density at radius 3 is 2.85 bits per heavy atom. The minimum Gasteiger partial charge on any atom is -0.450 e. The molecular weight excluding hydrogens is 334 g/mol. The van der Waals surface area contributed by atoms with Crippen LogP contribution in [0.2, 0.25) is 0 Å². The van der Waals surface area contributed by atoms with E-state index in [1.54, 1.807) is 11.1 Å². The van der Waals surface area contributed by atoms with E-state index in [1.165, 1.54) is 0 Å². The topological polar surface area (TPSA) is 81.5 Å². The molecule has 0 aromatic carbocycles. The number of carbonyl (C=O) groups is 1. The first-order chi connectivity index (χ1) is 12.7. The summed E-state index contributed by atoms with van der Waals surface area (Å²) in [5, 5.41) is 3.56. The van der Waals surface area contributed by atoms with Crippen LogP contribution in [0.5, 0.6) is 0 Å². The van der Waals surface area contributed by atoms with Crippen LogP contribution in [0.4, 0.5) is 4.79 Å². The van der Waals surface area contributed by atoms with Gasteiger partial charge in [0, 0.05) is 31.9 Å². The lowest BCUT2D eigenvalue weighted by Crippen LogP contribution is -2.45. The van der Waals surface area contributed by atoms with Gasteiger partial charge in [0.15, 0.2) is 5.65 Å². The molecule has 1 fully saturated rings. The van der Waals surface area contributed by atoms with Crippen LogP contribution in [0.25, 0.3) is 11.2 Å². The summed E-state index contributed by atoms with van der Waals surface area (Å²) in [5.41, 5.74) is 1.72. The fourth-order valence-electron chi connectivity index (χ4n) is 3.18. The lowest BCUT2D eigenvalue weighted by molar-refractivity contribution is 0.0868. The van der Waals surface area contributed by atoms with Gasteiger partial charge in [0.1, 0.15) is 18.1 Å². The standard InChI is InChI=1S/C18H27N5O3/c1-3-25-13-23-16(21-15-6-5-9-19-17(15)23)12-20-14-7-10-22(11-8-14)18(24)26-4-2/h5-6,9,14,20H,3-4,7-8,10-13H2,1-2H3. The van der Waals surface area contributed by atoms with E-state index in [4.69, 9.17) is 14.5 Å². The predicted molar refractivity (Wildman–Crippen MR) is 97.6 cm³/mol. The highest BCUT2D eigenvalue weighted by molar-refractivity contribution is 5.71. The molecule has 3 heterocycles. The zero-order valence-corrected chi connectivity index (χ0v) is 15.5. The zero-order valence-electron chi connectivity index (χ0n) is 15.5. The van der Waals surface area contributed by atoms with Crippen LogP contribution in [0.3, 0.4) is 0 Å². The quantitative estimate of drug-likeness (QED) is 0.814. The van der Waals surface area contributed by atoms with E-state index < -0.39 is 0 Å². The van der Waals surface area contributed by atoms with Gasteiger partial charge >= 0.3 is 6.09 Å². The number of imidazole rings is 1. The third-order valence-electron chi connectivity index (χ3n) is 4.58. The smallest absolute Gasteiger partial charge is 0.409 e. The van der Waals surface area contributed by atoms with E-state index in [-0.39, 0.29) is 6.09 Å². The lowest BCUT2D eigenvalue weighted by atomic mass is 10.1. The number of nitrogens with zero attached hydrogens (tertiary/aromatic N) is 4. The first-order valence-corrected chi connectivity index (χ1v) is 9.25. The summed E-state index contributed by atoms with van der Waals surface area (Å²) in [4.78, 5) is 22.7. The number of pyridine rings is 1. The fraction of sp³-hybridized carbons (Fsp3) is 0.611. The maximum absolute atomic E-state index is 11.8. The first kappa shape index (κ1) is 18.6. The van der Waals surface area contributed by atoms with E-state index in [0.29, 0.717) is 45.6 Å². The summed E-state index contributed by atoms with van der Waals surface area (Å²) >= 11 is 0. The highest BCUT2D eigenvalue weighted by atomic mass is 16.6. The number of rotatable bonds is 7. The summed E-state index contributed by atoms with van der Waals surface area (Å²) in [6.45, 7) is 7.39. The molecule has 0 aliphatic carbocycles. The molecule has 0 bridgehead atoms. The van der Waals surface area contributed by atoms with Crippen LogP contribution >= 0.6 is 0 Å². The molecular formula is C18H27N5O3. The fourth-order valence-corrected chi connectivity index (χ4v) is 3.18. The van der Waals surface area contributed by atoms with Crippen LogP contribution < -0.4 is 5.32 Å². The number of hydrogen-bond acceptors (Lipinski definition) is 6. The van der Waals surface area contributed by atoms with Crippen LogP contribution in [0.15, 0.2) is 18.3 Å². The van der Waals surface area contributed by atoms with Gasteiger partial charge in [-0.1, -0.05) is 0 Å². The summed E-state index contributed by atoms with van der Waals surface area (Å²) < 4.78 is 12.7. The predicted octanol–water partition coefficient (Wildman–Crippen LogP) is 2.14. The molecule has 0 unspecified atom stereocenters. The number of fused-ring (bicyclic) bond motifs is 1. The van der Waals surface area contributed by atoms with Crippen molar-refractivity contribution in [3.05, 3.63) is 24.2 Å². The van der Waals surface area contributed by atoms with E-state index in [2.05, 4.69) is 10.3 Å². The number of carbonyl (C=O) groups excluding carboxylic acids is 1. The maximum atomic E-state index is 11.8. The highest BCUT2D eigenvalue weighted by Gasteiger charge is 2.23. The van der Waals surface area contributed by atoms with Crippen molar-refractivity contribution in [1.82, 2.24) is 24.8 Å². The SMILES string of the molecule is CCOCn1c(CNC2CCN(C(=O)OCC)CC2)nc2cccnc21. The van der Waals surface area contributed by atoms with E-state index in [9.17, 15) is 4.79 Å². The van der Waals surface area contributed by atoms with Crippen molar-refractivity contribution in [2.45, 2.75) is 46.0 Å². The molecule has 0 atom stereocenters. The number of likely N-dealkylation sites (tertiary alicyclic amines) is 1. The summed E-state index contributed by atoms with van der Waals surface area (Å²) in [7, 11) is 0. The van der Waals surface area contributed by atoms with Crippen LogP contribution in [-0.2, 0) is 22.7 Å². The van der Waals surface area contributed by atoms with Crippen molar-refractivity contribution in [2.24, 2.45) is 0 Å².